The van der Waals surface area contributed by atoms with Gasteiger partial charge in [-0.3, -0.25) is 9.59 Å². The summed E-state index contributed by atoms with van der Waals surface area (Å²) in [4.78, 5) is 39.5. The topological polar surface area (TPSA) is 132 Å². The summed E-state index contributed by atoms with van der Waals surface area (Å²) in [7, 11) is 0. The van der Waals surface area contributed by atoms with E-state index in [-0.39, 0.29) is 43.8 Å². The lowest BCUT2D eigenvalue weighted by atomic mass is 10.1. The molecule has 0 fully saturated rings. The van der Waals surface area contributed by atoms with Crippen molar-refractivity contribution in [3.63, 3.8) is 0 Å². The smallest absolute Gasteiger partial charge is 0.344 e. The molecular formula is C23H25N3O6S. The molecule has 0 unspecified atom stereocenters. The molecule has 0 radical (unpaired) electrons. The minimum atomic E-state index is -0.465. The van der Waals surface area contributed by atoms with Crippen LogP contribution in [-0.4, -0.2) is 59.1 Å². The first kappa shape index (κ1) is 24.1. The fourth-order valence-electron chi connectivity index (χ4n) is 3.40. The van der Waals surface area contributed by atoms with Gasteiger partial charge in [0.15, 0.2) is 18.2 Å². The van der Waals surface area contributed by atoms with Crippen molar-refractivity contribution < 1.29 is 29.1 Å². The molecule has 174 valence electrons. The van der Waals surface area contributed by atoms with Gasteiger partial charge in [0, 0.05) is 23.2 Å². The highest BCUT2D eigenvalue weighted by Crippen LogP contribution is 2.31. The van der Waals surface area contributed by atoms with E-state index in [2.05, 4.69) is 5.16 Å². The largest absolute Gasteiger partial charge is 0.481 e. The first-order valence-electron chi connectivity index (χ1n) is 10.4. The zero-order valence-electron chi connectivity index (χ0n) is 18.4. The van der Waals surface area contributed by atoms with Gasteiger partial charge in [0.05, 0.1) is 18.0 Å². The first-order chi connectivity index (χ1) is 15.9. The number of esters is 1. The minimum absolute atomic E-state index is 0.0500. The Morgan fingerprint density at radius 1 is 1.18 bits per heavy atom. The molecule has 0 atom stereocenters. The molecule has 0 aliphatic carbocycles. The number of fused-ring (bicyclic) bond motifs is 1. The van der Waals surface area contributed by atoms with Crippen molar-refractivity contribution in [2.75, 3.05) is 25.5 Å². The number of carbonyl (C=O) groups is 3. The van der Waals surface area contributed by atoms with Crippen LogP contribution >= 0.6 is 11.8 Å². The van der Waals surface area contributed by atoms with Crippen LogP contribution < -0.4 is 10.5 Å². The molecule has 0 saturated carbocycles. The second-order valence-electron chi connectivity index (χ2n) is 7.13. The van der Waals surface area contributed by atoms with Gasteiger partial charge in [-0.25, -0.2) is 4.79 Å². The number of amidine groups is 1. The minimum Gasteiger partial charge on any atom is -0.481 e. The quantitative estimate of drug-likeness (QED) is 0.103. The number of Topliss-reactive ketones (excluding diaryl/α,β-unsaturated/α-hetero) is 1. The van der Waals surface area contributed by atoms with E-state index in [4.69, 9.17) is 20.4 Å². The third-order valence-corrected chi connectivity index (χ3v) is 5.86. The summed E-state index contributed by atoms with van der Waals surface area (Å²) < 4.78 is 10.4. The Balaban J connectivity index is 1.72. The van der Waals surface area contributed by atoms with E-state index in [0.29, 0.717) is 28.0 Å². The molecule has 2 aromatic rings. The second-order valence-corrected chi connectivity index (χ2v) is 8.44. The number of nitrogens with zero attached hydrogens (tertiary/aromatic N) is 2. The fourth-order valence-corrected chi connectivity index (χ4v) is 4.19. The lowest BCUT2D eigenvalue weighted by Crippen LogP contribution is -2.30. The Kier molecular flexibility index (Phi) is 7.94. The zero-order valence-corrected chi connectivity index (χ0v) is 19.2. The molecule has 0 saturated heterocycles. The summed E-state index contributed by atoms with van der Waals surface area (Å²) >= 11 is 1.48. The first-order valence-corrected chi connectivity index (χ1v) is 11.3. The van der Waals surface area contributed by atoms with Crippen molar-refractivity contribution in [2.45, 2.75) is 25.3 Å². The molecule has 0 aromatic heterocycles. The van der Waals surface area contributed by atoms with Gasteiger partial charge in [-0.15, -0.1) is 11.8 Å². The number of benzene rings is 2. The maximum Gasteiger partial charge on any atom is 0.344 e. The van der Waals surface area contributed by atoms with Crippen LogP contribution in [-0.2, 0) is 16.1 Å². The summed E-state index contributed by atoms with van der Waals surface area (Å²) in [5, 5.41) is 11.8. The summed E-state index contributed by atoms with van der Waals surface area (Å²) in [5.74, 6) is 0.255. The number of nitrogens with two attached hydrogens (primary N) is 1. The van der Waals surface area contributed by atoms with Crippen LogP contribution in [0.3, 0.4) is 0 Å². The van der Waals surface area contributed by atoms with Gasteiger partial charge >= 0.3 is 5.97 Å². The highest BCUT2D eigenvalue weighted by molar-refractivity contribution is 7.99. The molecule has 3 N–H and O–H groups in total. The third-order valence-electron chi connectivity index (χ3n) is 4.94. The Labute approximate surface area is 195 Å². The van der Waals surface area contributed by atoms with Crippen LogP contribution in [0.5, 0.6) is 5.75 Å². The second kappa shape index (κ2) is 10.9. The number of thioether (sulfide) groups is 1. The monoisotopic (exact) mass is 471 g/mol. The number of rotatable bonds is 10. The Morgan fingerprint density at radius 3 is 2.64 bits per heavy atom. The summed E-state index contributed by atoms with van der Waals surface area (Å²) in [5.41, 5.74) is 7.76. The molecule has 0 spiro atoms. The highest BCUT2D eigenvalue weighted by Gasteiger charge is 2.29. The highest BCUT2D eigenvalue weighted by atomic mass is 32.2. The third kappa shape index (κ3) is 5.64. The number of hydrogen-bond acceptors (Lipinski definition) is 8. The van der Waals surface area contributed by atoms with E-state index in [1.54, 1.807) is 43.3 Å². The van der Waals surface area contributed by atoms with Crippen LogP contribution in [0.25, 0.3) is 0 Å². The SMILES string of the molecule is CCOC(=O)COc1ccc(C(=O)CN2Cc3cc(/C(N)=N\O)ccc3C2=O)cc1SCC. The van der Waals surface area contributed by atoms with E-state index in [0.717, 1.165) is 10.6 Å². The molecule has 1 amide bonds. The van der Waals surface area contributed by atoms with Gasteiger partial charge in [-0.2, -0.15) is 0 Å². The molecule has 1 aliphatic heterocycles. The molecule has 0 bridgehead atoms. The van der Waals surface area contributed by atoms with E-state index in [1.165, 1.54) is 16.7 Å². The average molecular weight is 472 g/mol. The molecule has 1 aliphatic rings. The lowest BCUT2D eigenvalue weighted by molar-refractivity contribution is -0.145. The lowest BCUT2D eigenvalue weighted by Gasteiger charge is -2.16. The van der Waals surface area contributed by atoms with Crippen LogP contribution in [0.2, 0.25) is 0 Å². The number of oxime groups is 1. The van der Waals surface area contributed by atoms with Gasteiger partial charge in [0.1, 0.15) is 5.75 Å². The van der Waals surface area contributed by atoms with Crippen molar-refractivity contribution in [2.24, 2.45) is 10.9 Å². The molecule has 10 heteroatoms. The molecule has 3 rings (SSSR count). The molecule has 1 heterocycles. The van der Waals surface area contributed by atoms with Gasteiger partial charge < -0.3 is 25.3 Å². The van der Waals surface area contributed by atoms with Gasteiger partial charge in [-0.05, 0) is 48.6 Å². The van der Waals surface area contributed by atoms with E-state index < -0.39 is 5.97 Å². The van der Waals surface area contributed by atoms with E-state index in [1.807, 2.05) is 6.92 Å². The molecular weight excluding hydrogens is 446 g/mol. The van der Waals surface area contributed by atoms with Crippen molar-refractivity contribution in [1.82, 2.24) is 4.90 Å². The van der Waals surface area contributed by atoms with E-state index >= 15 is 0 Å². The standard InChI is InChI=1S/C23H25N3O6S/c1-3-31-21(28)13-32-19-8-6-14(10-20(19)33-4-2)18(27)12-26-11-16-9-15(22(24)25-30)5-7-17(16)23(26)29/h5-10,30H,3-4,11-13H2,1-2H3,(H2,24,25). The normalized spacial score (nSPS) is 13.1. The van der Waals surface area contributed by atoms with Crippen molar-refractivity contribution in [3.05, 3.63) is 58.7 Å². The fraction of sp³-hybridized carbons (Fsp3) is 0.304. The van der Waals surface area contributed by atoms with Gasteiger partial charge in [-0.1, -0.05) is 18.1 Å². The number of amides is 1. The molecule has 33 heavy (non-hydrogen) atoms. The van der Waals surface area contributed by atoms with Crippen LogP contribution in [0.15, 0.2) is 46.4 Å². The Bertz CT molecular complexity index is 1100. The predicted octanol–water partition coefficient (Wildman–Crippen LogP) is 2.67. The predicted molar refractivity (Wildman–Crippen MR) is 123 cm³/mol. The summed E-state index contributed by atoms with van der Waals surface area (Å²) in [6.45, 7) is 3.91. The van der Waals surface area contributed by atoms with Crippen molar-refractivity contribution in [1.29, 1.82) is 0 Å². The zero-order chi connectivity index (χ0) is 24.0. The molecule has 2 aromatic carbocycles. The maximum atomic E-state index is 12.9. The molecule has 9 nitrogen and oxygen atoms in total. The van der Waals surface area contributed by atoms with Crippen LogP contribution in [0, 0.1) is 0 Å². The van der Waals surface area contributed by atoms with Crippen LogP contribution in [0.4, 0.5) is 0 Å². The number of carbonyl (C=O) groups excluding carboxylic acids is 3. The van der Waals surface area contributed by atoms with Crippen molar-refractivity contribution in [3.8, 4) is 5.75 Å². The Morgan fingerprint density at radius 2 is 1.94 bits per heavy atom. The Hall–Kier alpha value is -3.53. The number of hydrogen-bond donors (Lipinski definition) is 2. The summed E-state index contributed by atoms with van der Waals surface area (Å²) in [6.07, 6.45) is 0. The number of ketones is 1. The van der Waals surface area contributed by atoms with E-state index in [9.17, 15) is 14.4 Å². The average Bonchev–Trinajstić information content (AvgIpc) is 3.12. The van der Waals surface area contributed by atoms with Crippen molar-refractivity contribution >= 4 is 35.3 Å². The maximum absolute atomic E-state index is 12.9. The van der Waals surface area contributed by atoms with Gasteiger partial charge in [0.25, 0.3) is 5.91 Å². The van der Waals surface area contributed by atoms with Crippen LogP contribution in [0.1, 0.15) is 45.7 Å². The van der Waals surface area contributed by atoms with Gasteiger partial charge in [0.2, 0.25) is 0 Å². The summed E-state index contributed by atoms with van der Waals surface area (Å²) in [6, 6.07) is 9.86. The number of ether oxygens (including phenoxy) is 2.